The Morgan fingerprint density at radius 1 is 1.29 bits per heavy atom. The number of methoxy groups -OCH3 is 1. The molecule has 0 aromatic rings. The van der Waals surface area contributed by atoms with E-state index in [9.17, 15) is 13.2 Å². The van der Waals surface area contributed by atoms with Gasteiger partial charge >= 0.3 is 5.97 Å². The number of sulfonamides is 1. The van der Waals surface area contributed by atoms with Crippen molar-refractivity contribution in [2.75, 3.05) is 46.1 Å². The lowest BCUT2D eigenvalue weighted by Gasteiger charge is -2.38. The van der Waals surface area contributed by atoms with E-state index in [1.54, 1.807) is 0 Å². The largest absolute Gasteiger partial charge is 0.468 e. The monoisotopic (exact) mass is 319 g/mol. The van der Waals surface area contributed by atoms with Crippen molar-refractivity contribution in [1.29, 1.82) is 0 Å². The van der Waals surface area contributed by atoms with E-state index in [2.05, 4.69) is 10.2 Å². The molecule has 1 saturated heterocycles. The lowest BCUT2D eigenvalue weighted by atomic mass is 10.0. The fourth-order valence-corrected chi connectivity index (χ4v) is 3.57. The summed E-state index contributed by atoms with van der Waals surface area (Å²) in [6.07, 6.45) is 3.42. The van der Waals surface area contributed by atoms with Crippen LogP contribution in [0.2, 0.25) is 0 Å². The summed E-state index contributed by atoms with van der Waals surface area (Å²) in [7, 11) is -1.72. The van der Waals surface area contributed by atoms with Crippen LogP contribution in [-0.4, -0.2) is 81.3 Å². The molecule has 1 unspecified atom stereocenters. The molecule has 0 bridgehead atoms. The Hall–Kier alpha value is -0.700. The highest BCUT2D eigenvalue weighted by Crippen LogP contribution is 2.24. The number of esters is 1. The van der Waals surface area contributed by atoms with E-state index in [4.69, 9.17) is 4.74 Å². The molecule has 0 radical (unpaired) electrons. The van der Waals surface area contributed by atoms with Gasteiger partial charge in [0.05, 0.1) is 13.4 Å². The van der Waals surface area contributed by atoms with Gasteiger partial charge in [0.15, 0.2) is 0 Å². The van der Waals surface area contributed by atoms with Gasteiger partial charge < -0.3 is 4.74 Å². The SMILES string of the molecule is COC(=O)C(C)(CN1CCN(S(C)(=O)=O)CC1)NC1CC1. The molecule has 7 nitrogen and oxygen atoms in total. The molecule has 2 fully saturated rings. The van der Waals surface area contributed by atoms with E-state index in [-0.39, 0.29) is 5.97 Å². The van der Waals surface area contributed by atoms with Crippen molar-refractivity contribution in [3.8, 4) is 0 Å². The number of nitrogens with one attached hydrogen (secondary N) is 1. The predicted molar refractivity (Wildman–Crippen MR) is 79.4 cm³/mol. The molecule has 2 rings (SSSR count). The van der Waals surface area contributed by atoms with Gasteiger partial charge in [-0.05, 0) is 19.8 Å². The maximum Gasteiger partial charge on any atom is 0.327 e. The first-order valence-corrected chi connectivity index (χ1v) is 9.13. The third-order valence-corrected chi connectivity index (χ3v) is 5.38. The summed E-state index contributed by atoms with van der Waals surface area (Å²) >= 11 is 0. The van der Waals surface area contributed by atoms with E-state index < -0.39 is 15.6 Å². The standard InChI is InChI=1S/C13H25N3O4S/c1-13(12(17)20-2,14-11-4-5-11)10-15-6-8-16(9-7-15)21(3,18)19/h11,14H,4-10H2,1-3H3. The Bertz CT molecular complexity index is 484. The van der Waals surface area contributed by atoms with Gasteiger partial charge in [-0.2, -0.15) is 4.31 Å². The zero-order chi connectivity index (χ0) is 15.7. The number of hydrogen-bond acceptors (Lipinski definition) is 6. The van der Waals surface area contributed by atoms with Crippen LogP contribution in [0.25, 0.3) is 0 Å². The highest BCUT2D eigenvalue weighted by atomic mass is 32.2. The van der Waals surface area contributed by atoms with Crippen LogP contribution in [-0.2, 0) is 19.6 Å². The molecule has 1 N–H and O–H groups in total. The fraction of sp³-hybridized carbons (Fsp3) is 0.923. The molecule has 1 aliphatic carbocycles. The number of carbonyl (C=O) groups excluding carboxylic acids is 1. The normalized spacial score (nSPS) is 24.5. The molecule has 0 spiro atoms. The second kappa shape index (κ2) is 6.20. The average Bonchev–Trinajstić information content (AvgIpc) is 3.21. The minimum Gasteiger partial charge on any atom is -0.468 e. The summed E-state index contributed by atoms with van der Waals surface area (Å²) in [5, 5.41) is 3.36. The summed E-state index contributed by atoms with van der Waals surface area (Å²) in [5.74, 6) is -0.264. The number of carbonyl (C=O) groups is 1. The van der Waals surface area contributed by atoms with Crippen LogP contribution < -0.4 is 5.32 Å². The van der Waals surface area contributed by atoms with Crippen LogP contribution in [0.15, 0.2) is 0 Å². The smallest absolute Gasteiger partial charge is 0.327 e. The molecule has 1 aliphatic heterocycles. The van der Waals surface area contributed by atoms with Gasteiger partial charge in [-0.3, -0.25) is 15.0 Å². The third kappa shape index (κ3) is 4.38. The highest BCUT2D eigenvalue weighted by molar-refractivity contribution is 7.88. The van der Waals surface area contributed by atoms with Gasteiger partial charge in [0.25, 0.3) is 0 Å². The summed E-state index contributed by atoms with van der Waals surface area (Å²) in [6, 6.07) is 0.395. The van der Waals surface area contributed by atoms with Crippen molar-refractivity contribution >= 4 is 16.0 Å². The van der Waals surface area contributed by atoms with Crippen molar-refractivity contribution in [2.24, 2.45) is 0 Å². The molecule has 2 aliphatic rings. The van der Waals surface area contributed by atoms with Crippen LogP contribution in [0.4, 0.5) is 0 Å². The summed E-state index contributed by atoms with van der Waals surface area (Å²) in [6.45, 7) is 4.60. The first kappa shape index (κ1) is 16.7. The average molecular weight is 319 g/mol. The second-order valence-corrected chi connectivity index (χ2v) is 8.16. The first-order chi connectivity index (χ1) is 9.74. The molecule has 0 amide bonds. The number of nitrogens with zero attached hydrogens (tertiary/aromatic N) is 2. The number of rotatable bonds is 6. The Labute approximate surface area is 126 Å². The van der Waals surface area contributed by atoms with Crippen molar-refractivity contribution in [1.82, 2.24) is 14.5 Å². The number of piperazine rings is 1. The maximum atomic E-state index is 12.1. The Morgan fingerprint density at radius 3 is 2.29 bits per heavy atom. The first-order valence-electron chi connectivity index (χ1n) is 7.28. The summed E-state index contributed by atoms with van der Waals surface area (Å²) in [5.41, 5.74) is -0.733. The van der Waals surface area contributed by atoms with Gasteiger partial charge in [0.2, 0.25) is 10.0 Å². The molecular formula is C13H25N3O4S. The Balaban J connectivity index is 1.94. The number of hydrogen-bond donors (Lipinski definition) is 1. The quantitative estimate of drug-likeness (QED) is 0.649. The van der Waals surface area contributed by atoms with Gasteiger partial charge in [-0.1, -0.05) is 0 Å². The Morgan fingerprint density at radius 2 is 1.86 bits per heavy atom. The molecule has 1 saturated carbocycles. The third-order valence-electron chi connectivity index (χ3n) is 4.08. The van der Waals surface area contributed by atoms with E-state index in [0.717, 1.165) is 12.8 Å². The lowest BCUT2D eigenvalue weighted by molar-refractivity contribution is -0.149. The van der Waals surface area contributed by atoms with Crippen molar-refractivity contribution in [3.63, 3.8) is 0 Å². The van der Waals surface area contributed by atoms with Gasteiger partial charge in [0.1, 0.15) is 5.54 Å². The van der Waals surface area contributed by atoms with Crippen LogP contribution in [0.3, 0.4) is 0 Å². The minimum absolute atomic E-state index is 0.264. The van der Waals surface area contributed by atoms with Gasteiger partial charge in [0, 0.05) is 38.8 Å². The molecule has 1 heterocycles. The van der Waals surface area contributed by atoms with Gasteiger partial charge in [-0.15, -0.1) is 0 Å². The molecule has 21 heavy (non-hydrogen) atoms. The predicted octanol–water partition coefficient (Wildman–Crippen LogP) is -0.753. The molecule has 122 valence electrons. The lowest BCUT2D eigenvalue weighted by Crippen LogP contribution is -2.60. The molecule has 0 aromatic carbocycles. The fourth-order valence-electron chi connectivity index (χ4n) is 2.74. The minimum atomic E-state index is -3.12. The zero-order valence-corrected chi connectivity index (χ0v) is 13.8. The Kier molecular flexibility index (Phi) is 4.92. The number of ether oxygens (including phenoxy) is 1. The highest BCUT2D eigenvalue weighted by Gasteiger charge is 2.41. The maximum absolute atomic E-state index is 12.1. The molecule has 8 heteroatoms. The second-order valence-electron chi connectivity index (χ2n) is 6.18. The van der Waals surface area contributed by atoms with Crippen LogP contribution in [0.5, 0.6) is 0 Å². The zero-order valence-electron chi connectivity index (χ0n) is 13.0. The summed E-state index contributed by atoms with van der Waals surface area (Å²) < 4.78 is 29.4. The van der Waals surface area contributed by atoms with Crippen molar-refractivity contribution < 1.29 is 17.9 Å². The molecular weight excluding hydrogens is 294 g/mol. The van der Waals surface area contributed by atoms with E-state index in [0.29, 0.717) is 38.8 Å². The van der Waals surface area contributed by atoms with Gasteiger partial charge in [-0.25, -0.2) is 8.42 Å². The molecule has 1 atom stereocenters. The van der Waals surface area contributed by atoms with Crippen molar-refractivity contribution in [2.45, 2.75) is 31.3 Å². The molecule has 0 aromatic heterocycles. The van der Waals surface area contributed by atoms with Crippen molar-refractivity contribution in [3.05, 3.63) is 0 Å². The van der Waals surface area contributed by atoms with Crippen LogP contribution in [0.1, 0.15) is 19.8 Å². The van der Waals surface area contributed by atoms with Crippen LogP contribution >= 0.6 is 0 Å². The summed E-state index contributed by atoms with van der Waals surface area (Å²) in [4.78, 5) is 14.2. The van der Waals surface area contributed by atoms with E-state index in [1.165, 1.54) is 17.7 Å². The van der Waals surface area contributed by atoms with Crippen LogP contribution in [0, 0.1) is 0 Å². The van der Waals surface area contributed by atoms with E-state index in [1.807, 2.05) is 6.92 Å². The topological polar surface area (TPSA) is 79.0 Å². The van der Waals surface area contributed by atoms with E-state index >= 15 is 0 Å².